The number of hydrogen-bond acceptors (Lipinski definition) is 5. The Labute approximate surface area is 151 Å². The highest BCUT2D eigenvalue weighted by atomic mass is 32.1. The summed E-state index contributed by atoms with van der Waals surface area (Å²) in [7, 11) is 0. The standard InChI is InChI=1S/C20H21N3OS/c1-2-22-9-11-23(12-10-22)20-17-6-4-3-5-15(17)13-18(21-20)19-8-7-16(14-24)25-19/h3-8,13-14H,2,9-12H2,1H3. The average molecular weight is 351 g/mol. The van der Waals surface area contributed by atoms with Crippen LogP contribution >= 0.6 is 11.3 Å². The minimum absolute atomic E-state index is 0.739. The van der Waals surface area contributed by atoms with Crippen molar-refractivity contribution < 1.29 is 4.79 Å². The summed E-state index contributed by atoms with van der Waals surface area (Å²) in [6, 6.07) is 14.4. The molecule has 0 N–H and O–H groups in total. The number of benzene rings is 1. The van der Waals surface area contributed by atoms with Crippen LogP contribution in [0.15, 0.2) is 42.5 Å². The fourth-order valence-corrected chi connectivity index (χ4v) is 4.16. The molecular formula is C20H21N3OS. The van der Waals surface area contributed by atoms with E-state index in [1.54, 1.807) is 0 Å². The molecule has 4 rings (SSSR count). The van der Waals surface area contributed by atoms with Crippen molar-refractivity contribution >= 4 is 34.2 Å². The van der Waals surface area contributed by atoms with Gasteiger partial charge in [0, 0.05) is 31.6 Å². The third-order valence-corrected chi connectivity index (χ3v) is 5.87. The Bertz CT molecular complexity index is 897. The molecule has 1 saturated heterocycles. The van der Waals surface area contributed by atoms with Gasteiger partial charge in [0.25, 0.3) is 0 Å². The van der Waals surface area contributed by atoms with Crippen molar-refractivity contribution in [2.24, 2.45) is 0 Å². The monoisotopic (exact) mass is 351 g/mol. The third kappa shape index (κ3) is 3.17. The van der Waals surface area contributed by atoms with Crippen molar-refractivity contribution in [3.63, 3.8) is 0 Å². The van der Waals surface area contributed by atoms with Gasteiger partial charge in [-0.3, -0.25) is 4.79 Å². The summed E-state index contributed by atoms with van der Waals surface area (Å²) in [5.74, 6) is 1.06. The van der Waals surface area contributed by atoms with Gasteiger partial charge >= 0.3 is 0 Å². The number of carbonyl (C=O) groups is 1. The molecule has 0 radical (unpaired) electrons. The fourth-order valence-electron chi connectivity index (χ4n) is 3.38. The lowest BCUT2D eigenvalue weighted by Crippen LogP contribution is -2.46. The van der Waals surface area contributed by atoms with Crippen molar-refractivity contribution in [3.8, 4) is 10.6 Å². The Hall–Kier alpha value is -2.24. The van der Waals surface area contributed by atoms with E-state index in [2.05, 4.69) is 47.1 Å². The minimum Gasteiger partial charge on any atom is -0.354 e. The summed E-state index contributed by atoms with van der Waals surface area (Å²) in [5, 5.41) is 2.39. The van der Waals surface area contributed by atoms with Crippen molar-refractivity contribution in [2.45, 2.75) is 6.92 Å². The molecule has 0 saturated carbocycles. The Kier molecular flexibility index (Phi) is 4.51. The lowest BCUT2D eigenvalue weighted by Gasteiger charge is -2.35. The molecule has 0 atom stereocenters. The van der Waals surface area contributed by atoms with E-state index in [0.29, 0.717) is 0 Å². The number of carbonyl (C=O) groups excluding carboxylic acids is 1. The highest BCUT2D eigenvalue weighted by Gasteiger charge is 2.20. The number of anilines is 1. The van der Waals surface area contributed by atoms with E-state index in [9.17, 15) is 4.79 Å². The number of piperazine rings is 1. The molecule has 5 heteroatoms. The molecule has 128 valence electrons. The molecule has 0 amide bonds. The van der Waals surface area contributed by atoms with E-state index >= 15 is 0 Å². The molecular weight excluding hydrogens is 330 g/mol. The van der Waals surface area contributed by atoms with E-state index in [1.807, 2.05) is 12.1 Å². The van der Waals surface area contributed by atoms with Crippen molar-refractivity contribution in [2.75, 3.05) is 37.6 Å². The first-order valence-electron chi connectivity index (χ1n) is 8.71. The largest absolute Gasteiger partial charge is 0.354 e. The smallest absolute Gasteiger partial charge is 0.160 e. The number of likely N-dealkylation sites (N-methyl/N-ethyl adjacent to an activating group) is 1. The maximum absolute atomic E-state index is 11.0. The summed E-state index contributed by atoms with van der Waals surface area (Å²) in [5.41, 5.74) is 0.949. The van der Waals surface area contributed by atoms with Gasteiger partial charge in [-0.1, -0.05) is 31.2 Å². The van der Waals surface area contributed by atoms with Gasteiger partial charge in [-0.15, -0.1) is 11.3 Å². The van der Waals surface area contributed by atoms with Gasteiger partial charge in [0.05, 0.1) is 15.4 Å². The molecule has 0 unspecified atom stereocenters. The van der Waals surface area contributed by atoms with Crippen LogP contribution in [-0.4, -0.2) is 48.9 Å². The van der Waals surface area contributed by atoms with E-state index in [0.717, 1.165) is 60.3 Å². The summed E-state index contributed by atoms with van der Waals surface area (Å²) in [4.78, 5) is 22.7. The quantitative estimate of drug-likeness (QED) is 0.668. The predicted octanol–water partition coefficient (Wildman–Crippen LogP) is 3.92. The van der Waals surface area contributed by atoms with E-state index in [1.165, 1.54) is 22.1 Å². The number of hydrogen-bond donors (Lipinski definition) is 0. The second-order valence-corrected chi connectivity index (χ2v) is 7.41. The molecule has 0 aliphatic carbocycles. The molecule has 1 aliphatic rings. The minimum atomic E-state index is 0.739. The molecule has 3 aromatic rings. The first-order chi connectivity index (χ1) is 12.3. The number of pyridine rings is 1. The van der Waals surface area contributed by atoms with E-state index < -0.39 is 0 Å². The number of rotatable bonds is 4. The molecule has 1 aliphatic heterocycles. The zero-order valence-corrected chi connectivity index (χ0v) is 15.1. The lowest BCUT2D eigenvalue weighted by molar-refractivity contribution is 0.112. The normalized spacial score (nSPS) is 15.6. The number of aldehydes is 1. The summed E-state index contributed by atoms with van der Waals surface area (Å²) < 4.78 is 0. The number of thiophene rings is 1. The Balaban J connectivity index is 1.78. The van der Waals surface area contributed by atoms with Crippen LogP contribution in [0.3, 0.4) is 0 Å². The average Bonchev–Trinajstić information content (AvgIpc) is 3.16. The molecule has 0 bridgehead atoms. The van der Waals surface area contributed by atoms with Gasteiger partial charge in [0.1, 0.15) is 5.82 Å². The second kappa shape index (κ2) is 6.94. The predicted molar refractivity (Wildman–Crippen MR) is 105 cm³/mol. The van der Waals surface area contributed by atoms with Crippen molar-refractivity contribution in [1.29, 1.82) is 0 Å². The Morgan fingerprint density at radius 2 is 1.92 bits per heavy atom. The van der Waals surface area contributed by atoms with Crippen LogP contribution in [0, 0.1) is 0 Å². The highest BCUT2D eigenvalue weighted by Crippen LogP contribution is 2.33. The molecule has 4 nitrogen and oxygen atoms in total. The Morgan fingerprint density at radius 1 is 1.12 bits per heavy atom. The zero-order chi connectivity index (χ0) is 17.2. The molecule has 1 aromatic carbocycles. The molecule has 0 spiro atoms. The highest BCUT2D eigenvalue weighted by molar-refractivity contribution is 7.17. The summed E-state index contributed by atoms with van der Waals surface area (Å²) >= 11 is 1.50. The first kappa shape index (κ1) is 16.2. The van der Waals surface area contributed by atoms with E-state index in [4.69, 9.17) is 4.98 Å². The number of aromatic nitrogens is 1. The first-order valence-corrected chi connectivity index (χ1v) is 9.52. The van der Waals surface area contributed by atoms with Gasteiger partial charge < -0.3 is 9.80 Å². The van der Waals surface area contributed by atoms with Crippen LogP contribution in [0.4, 0.5) is 5.82 Å². The molecule has 2 aromatic heterocycles. The van der Waals surface area contributed by atoms with Crippen LogP contribution in [-0.2, 0) is 0 Å². The Morgan fingerprint density at radius 3 is 2.64 bits per heavy atom. The van der Waals surface area contributed by atoms with Crippen LogP contribution in [0.1, 0.15) is 16.6 Å². The van der Waals surface area contributed by atoms with Gasteiger partial charge in [-0.2, -0.15) is 0 Å². The van der Waals surface area contributed by atoms with Gasteiger partial charge in [0.2, 0.25) is 0 Å². The maximum atomic E-state index is 11.0. The van der Waals surface area contributed by atoms with Crippen LogP contribution in [0.25, 0.3) is 21.3 Å². The molecule has 1 fully saturated rings. The van der Waals surface area contributed by atoms with Gasteiger partial charge in [-0.05, 0) is 30.1 Å². The van der Waals surface area contributed by atoms with Crippen LogP contribution in [0.2, 0.25) is 0 Å². The molecule has 25 heavy (non-hydrogen) atoms. The van der Waals surface area contributed by atoms with Crippen LogP contribution < -0.4 is 4.90 Å². The zero-order valence-electron chi connectivity index (χ0n) is 14.3. The lowest BCUT2D eigenvalue weighted by atomic mass is 10.1. The number of fused-ring (bicyclic) bond motifs is 1. The van der Waals surface area contributed by atoms with Gasteiger partial charge in [-0.25, -0.2) is 4.98 Å². The summed E-state index contributed by atoms with van der Waals surface area (Å²) in [6.45, 7) is 7.46. The van der Waals surface area contributed by atoms with E-state index in [-0.39, 0.29) is 0 Å². The maximum Gasteiger partial charge on any atom is 0.160 e. The summed E-state index contributed by atoms with van der Waals surface area (Å²) in [6.07, 6.45) is 0.903. The molecule has 3 heterocycles. The van der Waals surface area contributed by atoms with Gasteiger partial charge in [0.15, 0.2) is 6.29 Å². The fraction of sp³-hybridized carbons (Fsp3) is 0.300. The second-order valence-electron chi connectivity index (χ2n) is 6.29. The third-order valence-electron chi connectivity index (χ3n) is 4.83. The van der Waals surface area contributed by atoms with Crippen molar-refractivity contribution in [3.05, 3.63) is 47.3 Å². The van der Waals surface area contributed by atoms with Crippen molar-refractivity contribution in [1.82, 2.24) is 9.88 Å². The number of nitrogens with zero attached hydrogens (tertiary/aromatic N) is 3. The van der Waals surface area contributed by atoms with Crippen LogP contribution in [0.5, 0.6) is 0 Å². The topological polar surface area (TPSA) is 36.4 Å². The SMILES string of the molecule is CCN1CCN(c2nc(-c3ccc(C=O)s3)cc3ccccc23)CC1.